The van der Waals surface area contributed by atoms with Gasteiger partial charge in [0.25, 0.3) is 11.8 Å². The fourth-order valence-electron chi connectivity index (χ4n) is 4.51. The lowest BCUT2D eigenvalue weighted by Gasteiger charge is -2.29. The fourth-order valence-corrected chi connectivity index (χ4v) is 4.51. The molecule has 3 heterocycles. The number of nitrogens with one attached hydrogen (secondary N) is 2. The van der Waals surface area contributed by atoms with Crippen LogP contribution in [0.5, 0.6) is 0 Å². The highest BCUT2D eigenvalue weighted by Gasteiger charge is 2.30. The molecule has 2 N–H and O–H groups in total. The Balaban J connectivity index is 1.47. The van der Waals surface area contributed by atoms with Gasteiger partial charge >= 0.3 is 0 Å². The molecule has 0 aliphatic carbocycles. The van der Waals surface area contributed by atoms with Gasteiger partial charge in [-0.15, -0.1) is 0 Å². The van der Waals surface area contributed by atoms with E-state index in [0.717, 1.165) is 28.3 Å². The second-order valence-corrected chi connectivity index (χ2v) is 9.18. The minimum absolute atomic E-state index is 0.0805. The molecule has 0 atom stereocenters. The summed E-state index contributed by atoms with van der Waals surface area (Å²) in [7, 11) is 0. The zero-order valence-corrected chi connectivity index (χ0v) is 20.0. The molecule has 1 aliphatic rings. The molecule has 0 saturated heterocycles. The SMILES string of the molecule is CC(C)c1cccc(NC(=O)c2nc(Cc3ccccc3)n3c2CN(C(=O)c2ccc[nH]2)CC3)c1. The summed E-state index contributed by atoms with van der Waals surface area (Å²) in [5.74, 6) is 0.850. The smallest absolute Gasteiger partial charge is 0.276 e. The number of benzene rings is 2. The summed E-state index contributed by atoms with van der Waals surface area (Å²) < 4.78 is 2.10. The number of hydrogen-bond acceptors (Lipinski definition) is 3. The number of carbonyl (C=O) groups is 2. The number of nitrogens with zero attached hydrogens (tertiary/aromatic N) is 3. The van der Waals surface area contributed by atoms with E-state index in [9.17, 15) is 9.59 Å². The summed E-state index contributed by atoms with van der Waals surface area (Å²) >= 11 is 0. The Morgan fingerprint density at radius 3 is 2.60 bits per heavy atom. The van der Waals surface area contributed by atoms with E-state index in [2.05, 4.69) is 46.9 Å². The van der Waals surface area contributed by atoms with E-state index in [0.29, 0.717) is 43.4 Å². The van der Waals surface area contributed by atoms with Crippen LogP contribution in [-0.2, 0) is 19.5 Å². The van der Waals surface area contributed by atoms with Crippen LogP contribution in [0.3, 0.4) is 0 Å². The molecule has 0 saturated carbocycles. The number of hydrogen-bond donors (Lipinski definition) is 2. The standard InChI is InChI=1S/C28H29N5O2/c1-19(2)21-10-6-11-22(17-21)30-27(34)26-24-18-32(28(35)23-12-7-13-29-23)14-15-33(24)25(31-26)16-20-8-4-3-5-9-20/h3-13,17,19,29H,14-16,18H2,1-2H3,(H,30,34). The van der Waals surface area contributed by atoms with E-state index in [4.69, 9.17) is 4.98 Å². The van der Waals surface area contributed by atoms with Gasteiger partial charge in [-0.3, -0.25) is 9.59 Å². The number of amides is 2. The summed E-state index contributed by atoms with van der Waals surface area (Å²) in [4.78, 5) is 36.0. The summed E-state index contributed by atoms with van der Waals surface area (Å²) in [5, 5.41) is 3.03. The van der Waals surface area contributed by atoms with Crippen molar-refractivity contribution in [1.82, 2.24) is 19.4 Å². The van der Waals surface area contributed by atoms with Crippen molar-refractivity contribution in [2.45, 2.75) is 39.3 Å². The van der Waals surface area contributed by atoms with Gasteiger partial charge in [-0.25, -0.2) is 4.98 Å². The molecule has 7 heteroatoms. The number of aromatic amines is 1. The summed E-state index contributed by atoms with van der Waals surface area (Å²) in [6.07, 6.45) is 2.36. The highest BCUT2D eigenvalue weighted by molar-refractivity contribution is 6.04. The van der Waals surface area contributed by atoms with Crippen molar-refractivity contribution in [3.05, 3.63) is 107 Å². The van der Waals surface area contributed by atoms with Crippen molar-refractivity contribution in [2.24, 2.45) is 0 Å². The maximum absolute atomic E-state index is 13.4. The van der Waals surface area contributed by atoms with Gasteiger partial charge in [0.1, 0.15) is 11.5 Å². The molecule has 35 heavy (non-hydrogen) atoms. The third-order valence-electron chi connectivity index (χ3n) is 6.43. The molecule has 0 unspecified atom stereocenters. The molecule has 5 rings (SSSR count). The van der Waals surface area contributed by atoms with Gasteiger partial charge in [-0.2, -0.15) is 0 Å². The summed E-state index contributed by atoms with van der Waals surface area (Å²) in [5.41, 5.74) is 4.69. The Bertz CT molecular complexity index is 1340. The number of carbonyl (C=O) groups excluding carboxylic acids is 2. The second kappa shape index (κ2) is 9.62. The molecule has 0 bridgehead atoms. The largest absolute Gasteiger partial charge is 0.357 e. The molecule has 7 nitrogen and oxygen atoms in total. The maximum Gasteiger partial charge on any atom is 0.276 e. The third-order valence-corrected chi connectivity index (χ3v) is 6.43. The predicted molar refractivity (Wildman–Crippen MR) is 135 cm³/mol. The van der Waals surface area contributed by atoms with Crippen molar-refractivity contribution in [3.8, 4) is 0 Å². The molecule has 4 aromatic rings. The van der Waals surface area contributed by atoms with Gasteiger partial charge in [0, 0.05) is 31.4 Å². The highest BCUT2D eigenvalue weighted by Crippen LogP contribution is 2.24. The van der Waals surface area contributed by atoms with Crippen LogP contribution >= 0.6 is 0 Å². The summed E-state index contributed by atoms with van der Waals surface area (Å²) in [6.45, 7) is 5.72. The second-order valence-electron chi connectivity index (χ2n) is 9.18. The molecule has 2 aromatic heterocycles. The molecule has 2 amide bonds. The first kappa shape index (κ1) is 22.7. The maximum atomic E-state index is 13.4. The van der Waals surface area contributed by atoms with E-state index in [-0.39, 0.29) is 11.8 Å². The first-order valence-corrected chi connectivity index (χ1v) is 12.0. The number of H-pyrrole nitrogens is 1. The predicted octanol–water partition coefficient (Wildman–Crippen LogP) is 4.83. The lowest BCUT2D eigenvalue weighted by Crippen LogP contribution is -2.39. The number of imidazole rings is 1. The number of anilines is 1. The van der Waals surface area contributed by atoms with E-state index in [1.165, 1.54) is 0 Å². The van der Waals surface area contributed by atoms with Crippen LogP contribution in [0, 0.1) is 0 Å². The van der Waals surface area contributed by atoms with E-state index < -0.39 is 0 Å². The lowest BCUT2D eigenvalue weighted by molar-refractivity contribution is 0.0702. The van der Waals surface area contributed by atoms with Gasteiger partial charge in [0.15, 0.2) is 5.69 Å². The fraction of sp³-hybridized carbons (Fsp3) is 0.250. The minimum atomic E-state index is -0.261. The van der Waals surface area contributed by atoms with E-state index >= 15 is 0 Å². The highest BCUT2D eigenvalue weighted by atomic mass is 16.2. The Morgan fingerprint density at radius 1 is 1.03 bits per heavy atom. The van der Waals surface area contributed by atoms with Crippen LogP contribution < -0.4 is 5.32 Å². The zero-order chi connectivity index (χ0) is 24.4. The molecule has 0 fully saturated rings. The number of rotatable bonds is 6. The molecule has 178 valence electrons. The van der Waals surface area contributed by atoms with Gasteiger partial charge in [-0.1, -0.05) is 56.3 Å². The lowest BCUT2D eigenvalue weighted by atomic mass is 10.0. The average Bonchev–Trinajstić information content (AvgIpc) is 3.53. The Morgan fingerprint density at radius 2 is 1.86 bits per heavy atom. The number of aromatic nitrogens is 3. The zero-order valence-electron chi connectivity index (χ0n) is 20.0. The van der Waals surface area contributed by atoms with Crippen molar-refractivity contribution in [2.75, 3.05) is 11.9 Å². The molecule has 0 radical (unpaired) electrons. The van der Waals surface area contributed by atoms with Crippen LogP contribution in [0.15, 0.2) is 72.9 Å². The first-order valence-electron chi connectivity index (χ1n) is 12.0. The average molecular weight is 468 g/mol. The monoisotopic (exact) mass is 467 g/mol. The van der Waals surface area contributed by atoms with Gasteiger partial charge in [0.2, 0.25) is 0 Å². The summed E-state index contributed by atoms with van der Waals surface area (Å²) in [6, 6.07) is 21.6. The van der Waals surface area contributed by atoms with Crippen molar-refractivity contribution >= 4 is 17.5 Å². The van der Waals surface area contributed by atoms with E-state index in [1.54, 1.807) is 17.2 Å². The Hall–Kier alpha value is -4.13. The normalized spacial score (nSPS) is 13.1. The van der Waals surface area contributed by atoms with Crippen molar-refractivity contribution in [3.63, 3.8) is 0 Å². The van der Waals surface area contributed by atoms with E-state index in [1.807, 2.05) is 42.5 Å². The van der Waals surface area contributed by atoms with Crippen LogP contribution in [0.2, 0.25) is 0 Å². The topological polar surface area (TPSA) is 83.0 Å². The van der Waals surface area contributed by atoms with Crippen molar-refractivity contribution in [1.29, 1.82) is 0 Å². The first-order chi connectivity index (χ1) is 17.0. The van der Waals surface area contributed by atoms with Gasteiger partial charge in [0.05, 0.1) is 12.2 Å². The molecule has 2 aromatic carbocycles. The third kappa shape index (κ3) is 4.75. The van der Waals surface area contributed by atoms with Gasteiger partial charge in [-0.05, 0) is 41.3 Å². The molecular formula is C28H29N5O2. The Kier molecular flexibility index (Phi) is 6.23. The van der Waals surface area contributed by atoms with Crippen LogP contribution in [-0.4, -0.2) is 37.8 Å². The van der Waals surface area contributed by atoms with Gasteiger partial charge < -0.3 is 19.8 Å². The molecular weight excluding hydrogens is 438 g/mol. The molecule has 0 spiro atoms. The van der Waals surface area contributed by atoms with Crippen LogP contribution in [0.25, 0.3) is 0 Å². The molecule has 1 aliphatic heterocycles. The van der Waals surface area contributed by atoms with Crippen LogP contribution in [0.4, 0.5) is 5.69 Å². The quantitative estimate of drug-likeness (QED) is 0.426. The van der Waals surface area contributed by atoms with Crippen LogP contribution in [0.1, 0.15) is 63.4 Å². The van der Waals surface area contributed by atoms with Crippen molar-refractivity contribution < 1.29 is 9.59 Å². The number of fused-ring (bicyclic) bond motifs is 1. The Labute approximate surface area is 204 Å². The minimum Gasteiger partial charge on any atom is -0.357 e.